The normalized spacial score (nSPS) is 14.0. The number of hydrogen-bond acceptors (Lipinski definition) is 4. The van der Waals surface area contributed by atoms with Crippen LogP contribution in [0, 0.1) is 5.82 Å². The van der Waals surface area contributed by atoms with E-state index in [-0.39, 0.29) is 18.4 Å². The molecule has 1 aromatic carbocycles. The van der Waals surface area contributed by atoms with Crippen molar-refractivity contribution in [1.82, 2.24) is 15.2 Å². The molecular formula is C15H16FN3O2S. The van der Waals surface area contributed by atoms with Gasteiger partial charge in [-0.25, -0.2) is 14.2 Å². The average Bonchev–Trinajstić information content (AvgIpc) is 2.92. The third-order valence-electron chi connectivity index (χ3n) is 3.43. The van der Waals surface area contributed by atoms with Gasteiger partial charge in [-0.05, 0) is 12.1 Å². The predicted molar refractivity (Wildman–Crippen MR) is 81.5 cm³/mol. The number of benzene rings is 1. The molecule has 2 heterocycles. The van der Waals surface area contributed by atoms with Crippen LogP contribution in [0.2, 0.25) is 0 Å². The number of nitrogens with zero attached hydrogens (tertiary/aromatic N) is 2. The summed E-state index contributed by atoms with van der Waals surface area (Å²) in [6.07, 6.45) is 2.44. The Labute approximate surface area is 131 Å². The second-order valence-corrected chi connectivity index (χ2v) is 5.87. The number of urea groups is 1. The Bertz CT molecular complexity index is 648. The van der Waals surface area contributed by atoms with Crippen LogP contribution in [0.5, 0.6) is 5.75 Å². The van der Waals surface area contributed by atoms with Gasteiger partial charge in [-0.1, -0.05) is 6.07 Å². The Kier molecular flexibility index (Phi) is 4.53. The van der Waals surface area contributed by atoms with Crippen molar-refractivity contribution in [2.45, 2.75) is 13.0 Å². The van der Waals surface area contributed by atoms with E-state index in [1.165, 1.54) is 6.07 Å². The molecule has 1 N–H and O–H groups in total. The number of nitrogens with one attached hydrogen (secondary N) is 1. The monoisotopic (exact) mass is 321 g/mol. The van der Waals surface area contributed by atoms with E-state index < -0.39 is 0 Å². The van der Waals surface area contributed by atoms with Gasteiger partial charge in [0.05, 0.1) is 18.1 Å². The summed E-state index contributed by atoms with van der Waals surface area (Å²) < 4.78 is 19.4. The van der Waals surface area contributed by atoms with Crippen LogP contribution in [-0.2, 0) is 13.0 Å². The van der Waals surface area contributed by atoms with Gasteiger partial charge in [0, 0.05) is 30.1 Å². The molecule has 1 aliphatic rings. The molecule has 5 nitrogen and oxygen atoms in total. The number of thiazole rings is 1. The number of halogens is 1. The fourth-order valence-corrected chi connectivity index (χ4v) is 2.92. The molecule has 0 atom stereocenters. The molecule has 0 saturated heterocycles. The number of fused-ring (bicyclic) bond motifs is 1. The second kappa shape index (κ2) is 6.74. The largest absolute Gasteiger partial charge is 0.491 e. The van der Waals surface area contributed by atoms with E-state index in [2.05, 4.69) is 10.3 Å². The average molecular weight is 321 g/mol. The van der Waals surface area contributed by atoms with E-state index in [4.69, 9.17) is 4.74 Å². The van der Waals surface area contributed by atoms with Crippen LogP contribution < -0.4 is 10.1 Å². The van der Waals surface area contributed by atoms with Gasteiger partial charge in [-0.15, -0.1) is 11.3 Å². The van der Waals surface area contributed by atoms with Crippen molar-refractivity contribution >= 4 is 17.4 Å². The van der Waals surface area contributed by atoms with E-state index in [0.29, 0.717) is 37.4 Å². The molecule has 0 unspecified atom stereocenters. The fraction of sp³-hybridized carbons (Fsp3) is 0.333. The number of carbonyl (C=O) groups excluding carboxylic acids is 1. The smallest absolute Gasteiger partial charge is 0.317 e. The van der Waals surface area contributed by atoms with Gasteiger partial charge in [-0.2, -0.15) is 0 Å². The number of rotatable bonds is 3. The highest BCUT2D eigenvalue weighted by molar-refractivity contribution is 7.09. The maximum absolute atomic E-state index is 13.9. The van der Waals surface area contributed by atoms with Gasteiger partial charge in [0.25, 0.3) is 0 Å². The molecule has 0 fully saturated rings. The first-order chi connectivity index (χ1) is 10.7. The molecule has 0 bridgehead atoms. The van der Waals surface area contributed by atoms with Crippen LogP contribution >= 0.6 is 11.3 Å². The van der Waals surface area contributed by atoms with Crippen LogP contribution in [-0.4, -0.2) is 35.6 Å². The van der Waals surface area contributed by atoms with Gasteiger partial charge in [0.15, 0.2) is 0 Å². The van der Waals surface area contributed by atoms with Gasteiger partial charge in [0.1, 0.15) is 18.2 Å². The van der Waals surface area contributed by atoms with Crippen molar-refractivity contribution < 1.29 is 13.9 Å². The molecule has 7 heteroatoms. The van der Waals surface area contributed by atoms with E-state index in [9.17, 15) is 9.18 Å². The Hall–Kier alpha value is -2.15. The van der Waals surface area contributed by atoms with Crippen molar-refractivity contribution in [2.75, 3.05) is 19.7 Å². The Morgan fingerprint density at radius 3 is 3.23 bits per heavy atom. The lowest BCUT2D eigenvalue weighted by atomic mass is 10.2. The Morgan fingerprint density at radius 2 is 2.41 bits per heavy atom. The lowest BCUT2D eigenvalue weighted by molar-refractivity contribution is 0.187. The van der Waals surface area contributed by atoms with Crippen LogP contribution in [0.1, 0.15) is 10.6 Å². The van der Waals surface area contributed by atoms with Crippen molar-refractivity contribution in [3.8, 4) is 5.75 Å². The first kappa shape index (κ1) is 14.8. The second-order valence-electron chi connectivity index (χ2n) is 4.89. The molecule has 0 radical (unpaired) electrons. The fourth-order valence-electron chi connectivity index (χ4n) is 2.30. The summed E-state index contributed by atoms with van der Waals surface area (Å²) in [5, 5.41) is 5.73. The quantitative estimate of drug-likeness (QED) is 0.944. The summed E-state index contributed by atoms with van der Waals surface area (Å²) in [6.45, 7) is 1.51. The first-order valence-corrected chi connectivity index (χ1v) is 7.93. The molecule has 0 aliphatic carbocycles. The highest BCUT2D eigenvalue weighted by Gasteiger charge is 2.21. The minimum atomic E-state index is -0.347. The zero-order valence-corrected chi connectivity index (χ0v) is 12.7. The third-order valence-corrected chi connectivity index (χ3v) is 4.27. The molecule has 1 aromatic heterocycles. The summed E-state index contributed by atoms with van der Waals surface area (Å²) in [4.78, 5) is 18.0. The maximum atomic E-state index is 13.9. The molecule has 2 amide bonds. The first-order valence-electron chi connectivity index (χ1n) is 7.05. The summed E-state index contributed by atoms with van der Waals surface area (Å²) >= 11 is 1.56. The molecule has 1 aliphatic heterocycles. The van der Waals surface area contributed by atoms with Crippen molar-refractivity contribution in [1.29, 1.82) is 0 Å². The summed E-state index contributed by atoms with van der Waals surface area (Å²) in [6, 6.07) is 4.50. The molecule has 0 spiro atoms. The summed E-state index contributed by atoms with van der Waals surface area (Å²) in [7, 11) is 0. The highest BCUT2D eigenvalue weighted by atomic mass is 32.1. The van der Waals surface area contributed by atoms with Gasteiger partial charge < -0.3 is 15.0 Å². The molecule has 3 rings (SSSR count). The summed E-state index contributed by atoms with van der Waals surface area (Å²) in [5.74, 6) is 0.165. The number of carbonyl (C=O) groups is 1. The van der Waals surface area contributed by atoms with Crippen molar-refractivity contribution in [3.05, 3.63) is 46.2 Å². The number of ether oxygens (including phenoxy) is 1. The predicted octanol–water partition coefficient (Wildman–Crippen LogP) is 2.43. The summed E-state index contributed by atoms with van der Waals surface area (Å²) in [5.41, 5.74) is 0.426. The number of aromatic nitrogens is 1. The standard InChI is InChI=1S/C15H16FN3O2S/c16-12-2-1-3-13-11(12)10-19(7-8-21-13)15(20)18-5-4-14-17-6-9-22-14/h1-3,6,9H,4-5,7-8,10H2,(H,18,20). The van der Waals surface area contributed by atoms with Crippen molar-refractivity contribution in [2.24, 2.45) is 0 Å². The molecule has 0 saturated carbocycles. The minimum absolute atomic E-state index is 0.212. The van der Waals surface area contributed by atoms with Crippen LogP contribution in [0.25, 0.3) is 0 Å². The third kappa shape index (κ3) is 3.36. The van der Waals surface area contributed by atoms with Gasteiger partial charge in [0.2, 0.25) is 0 Å². The van der Waals surface area contributed by atoms with E-state index in [1.54, 1.807) is 34.6 Å². The Balaban J connectivity index is 1.59. The zero-order chi connectivity index (χ0) is 15.4. The lowest BCUT2D eigenvalue weighted by Gasteiger charge is -2.20. The number of amides is 2. The van der Waals surface area contributed by atoms with Crippen LogP contribution in [0.3, 0.4) is 0 Å². The molecule has 116 valence electrons. The van der Waals surface area contributed by atoms with E-state index in [0.717, 1.165) is 5.01 Å². The lowest BCUT2D eigenvalue weighted by Crippen LogP contribution is -2.41. The van der Waals surface area contributed by atoms with E-state index >= 15 is 0 Å². The molecule has 22 heavy (non-hydrogen) atoms. The molecule has 2 aromatic rings. The maximum Gasteiger partial charge on any atom is 0.317 e. The Morgan fingerprint density at radius 1 is 1.50 bits per heavy atom. The number of hydrogen-bond donors (Lipinski definition) is 1. The minimum Gasteiger partial charge on any atom is -0.491 e. The van der Waals surface area contributed by atoms with E-state index in [1.807, 2.05) is 5.38 Å². The highest BCUT2D eigenvalue weighted by Crippen LogP contribution is 2.25. The topological polar surface area (TPSA) is 54.5 Å². The van der Waals surface area contributed by atoms with Crippen molar-refractivity contribution in [3.63, 3.8) is 0 Å². The molecular weight excluding hydrogens is 305 g/mol. The van der Waals surface area contributed by atoms with Crippen LogP contribution in [0.15, 0.2) is 29.8 Å². The SMILES string of the molecule is O=C(NCCc1nccs1)N1CCOc2cccc(F)c2C1. The van der Waals surface area contributed by atoms with Gasteiger partial charge in [-0.3, -0.25) is 0 Å². The zero-order valence-electron chi connectivity index (χ0n) is 11.9. The van der Waals surface area contributed by atoms with Gasteiger partial charge >= 0.3 is 6.03 Å². The van der Waals surface area contributed by atoms with Crippen LogP contribution in [0.4, 0.5) is 9.18 Å².